The molecule has 0 aromatic heterocycles. The molecule has 1 amide bonds. The van der Waals surface area contributed by atoms with E-state index >= 15 is 0 Å². The molecule has 0 aliphatic rings. The number of nitrogens with two attached hydrogens (primary N) is 1. The molecule has 0 aliphatic heterocycles. The summed E-state index contributed by atoms with van der Waals surface area (Å²) in [6, 6.07) is 7.94. The zero-order chi connectivity index (χ0) is 11.1. The minimum atomic E-state index is -0.0221. The van der Waals surface area contributed by atoms with Crippen molar-refractivity contribution in [1.82, 2.24) is 0 Å². The summed E-state index contributed by atoms with van der Waals surface area (Å²) in [5, 5.41) is 2.82. The van der Waals surface area contributed by atoms with E-state index in [2.05, 4.69) is 18.3 Å². The Morgan fingerprint density at radius 1 is 1.47 bits per heavy atom. The number of nitrogens with one attached hydrogen (secondary N) is 1. The Balaban J connectivity index is 2.60. The third-order valence-corrected chi connectivity index (χ3v) is 2.12. The van der Waals surface area contributed by atoms with E-state index in [-0.39, 0.29) is 5.91 Å². The van der Waals surface area contributed by atoms with E-state index in [1.54, 1.807) is 0 Å². The Labute approximate surface area is 90.7 Å². The minimum absolute atomic E-state index is 0.0221. The van der Waals surface area contributed by atoms with Crippen LogP contribution in [0, 0.1) is 0 Å². The summed E-state index contributed by atoms with van der Waals surface area (Å²) in [5.41, 5.74) is 7.41. The van der Waals surface area contributed by atoms with Gasteiger partial charge in [0.25, 0.3) is 0 Å². The van der Waals surface area contributed by atoms with Gasteiger partial charge in [-0.25, -0.2) is 0 Å². The summed E-state index contributed by atoms with van der Waals surface area (Å²) in [7, 11) is 0. The molecule has 0 heterocycles. The molecule has 3 N–H and O–H groups in total. The van der Waals surface area contributed by atoms with Gasteiger partial charge in [0.05, 0.1) is 0 Å². The van der Waals surface area contributed by atoms with Crippen molar-refractivity contribution in [3.05, 3.63) is 29.8 Å². The molecule has 15 heavy (non-hydrogen) atoms. The summed E-state index contributed by atoms with van der Waals surface area (Å²) in [6.07, 6.45) is 2.53. The van der Waals surface area contributed by atoms with Crippen LogP contribution >= 0.6 is 0 Å². The molecule has 0 fully saturated rings. The molecule has 0 aliphatic carbocycles. The van der Waals surface area contributed by atoms with Crippen molar-refractivity contribution >= 4 is 11.6 Å². The van der Waals surface area contributed by atoms with Gasteiger partial charge in [0.15, 0.2) is 0 Å². The molecular formula is C12H18N2O. The van der Waals surface area contributed by atoms with Crippen molar-refractivity contribution in [2.45, 2.75) is 26.2 Å². The van der Waals surface area contributed by atoms with Gasteiger partial charge in [0.1, 0.15) is 0 Å². The lowest BCUT2D eigenvalue weighted by molar-refractivity contribution is -0.116. The van der Waals surface area contributed by atoms with E-state index in [1.807, 2.05) is 18.2 Å². The van der Waals surface area contributed by atoms with Crippen molar-refractivity contribution in [3.63, 3.8) is 0 Å². The van der Waals surface area contributed by atoms with Gasteiger partial charge >= 0.3 is 0 Å². The topological polar surface area (TPSA) is 55.1 Å². The van der Waals surface area contributed by atoms with Gasteiger partial charge in [-0.15, -0.1) is 0 Å². The SMILES string of the molecule is CCCc1cccc(NC(=O)CCN)c1. The van der Waals surface area contributed by atoms with Gasteiger partial charge in [-0.2, -0.15) is 0 Å². The van der Waals surface area contributed by atoms with Crippen LogP contribution in [0.15, 0.2) is 24.3 Å². The molecule has 1 rings (SSSR count). The zero-order valence-electron chi connectivity index (χ0n) is 9.12. The molecule has 0 bridgehead atoms. The van der Waals surface area contributed by atoms with Crippen molar-refractivity contribution in [3.8, 4) is 0 Å². The van der Waals surface area contributed by atoms with E-state index < -0.39 is 0 Å². The summed E-state index contributed by atoms with van der Waals surface area (Å²) in [6.45, 7) is 2.53. The van der Waals surface area contributed by atoms with E-state index in [4.69, 9.17) is 5.73 Å². The van der Waals surface area contributed by atoms with Gasteiger partial charge in [-0.1, -0.05) is 25.5 Å². The second-order valence-electron chi connectivity index (χ2n) is 3.54. The number of carbonyl (C=O) groups excluding carboxylic acids is 1. The Bertz CT molecular complexity index is 323. The maximum absolute atomic E-state index is 11.3. The normalized spacial score (nSPS) is 10.0. The number of anilines is 1. The summed E-state index contributed by atoms with van der Waals surface area (Å²) in [4.78, 5) is 11.3. The van der Waals surface area contributed by atoms with Crippen molar-refractivity contribution < 1.29 is 4.79 Å². The number of amides is 1. The highest BCUT2D eigenvalue weighted by Gasteiger charge is 2.00. The van der Waals surface area contributed by atoms with Crippen LogP contribution in [0.4, 0.5) is 5.69 Å². The summed E-state index contributed by atoms with van der Waals surface area (Å²) in [5.74, 6) is -0.0221. The lowest BCUT2D eigenvalue weighted by Crippen LogP contribution is -2.16. The maximum Gasteiger partial charge on any atom is 0.225 e. The van der Waals surface area contributed by atoms with Crippen molar-refractivity contribution in [1.29, 1.82) is 0 Å². The Kier molecular flexibility index (Phi) is 4.84. The fourth-order valence-electron chi connectivity index (χ4n) is 1.45. The van der Waals surface area contributed by atoms with Crippen LogP contribution in [0.1, 0.15) is 25.3 Å². The smallest absolute Gasteiger partial charge is 0.225 e. The van der Waals surface area contributed by atoms with Crippen LogP contribution < -0.4 is 11.1 Å². The molecular weight excluding hydrogens is 188 g/mol. The summed E-state index contributed by atoms with van der Waals surface area (Å²) < 4.78 is 0. The number of benzene rings is 1. The molecule has 1 aromatic rings. The number of carbonyl (C=O) groups is 1. The molecule has 3 nitrogen and oxygen atoms in total. The first kappa shape index (κ1) is 11.7. The van der Waals surface area contributed by atoms with Crippen LogP contribution in [0.25, 0.3) is 0 Å². The average Bonchev–Trinajstić information content (AvgIpc) is 2.19. The highest BCUT2D eigenvalue weighted by molar-refractivity contribution is 5.90. The van der Waals surface area contributed by atoms with Gasteiger partial charge in [0, 0.05) is 18.7 Å². The van der Waals surface area contributed by atoms with E-state index in [9.17, 15) is 4.79 Å². The highest BCUT2D eigenvalue weighted by Crippen LogP contribution is 2.12. The predicted octanol–water partition coefficient (Wildman–Crippen LogP) is 1.93. The average molecular weight is 206 g/mol. The molecule has 0 atom stereocenters. The van der Waals surface area contributed by atoms with E-state index in [1.165, 1.54) is 5.56 Å². The maximum atomic E-state index is 11.3. The zero-order valence-corrected chi connectivity index (χ0v) is 9.12. The van der Waals surface area contributed by atoms with Crippen LogP contribution in [-0.2, 0) is 11.2 Å². The fourth-order valence-corrected chi connectivity index (χ4v) is 1.45. The number of aryl methyl sites for hydroxylation is 1. The number of hydrogen-bond donors (Lipinski definition) is 2. The number of rotatable bonds is 5. The van der Waals surface area contributed by atoms with Crippen molar-refractivity contribution in [2.24, 2.45) is 5.73 Å². The monoisotopic (exact) mass is 206 g/mol. The second kappa shape index (κ2) is 6.19. The third-order valence-electron chi connectivity index (χ3n) is 2.12. The van der Waals surface area contributed by atoms with Gasteiger partial charge in [-0.05, 0) is 24.1 Å². The number of hydrogen-bond acceptors (Lipinski definition) is 2. The molecule has 0 saturated carbocycles. The summed E-state index contributed by atoms with van der Waals surface area (Å²) >= 11 is 0. The quantitative estimate of drug-likeness (QED) is 0.773. The standard InChI is InChI=1S/C12H18N2O/c1-2-4-10-5-3-6-11(9-10)14-12(15)7-8-13/h3,5-6,9H,2,4,7-8,13H2,1H3,(H,14,15). The minimum Gasteiger partial charge on any atom is -0.330 e. The Morgan fingerprint density at radius 3 is 2.93 bits per heavy atom. The lowest BCUT2D eigenvalue weighted by Gasteiger charge is -2.06. The largest absolute Gasteiger partial charge is 0.330 e. The molecule has 0 radical (unpaired) electrons. The van der Waals surface area contributed by atoms with Crippen LogP contribution in [0.5, 0.6) is 0 Å². The Hall–Kier alpha value is -1.35. The molecule has 0 unspecified atom stereocenters. The molecule has 1 aromatic carbocycles. The first-order chi connectivity index (χ1) is 7.26. The molecule has 0 saturated heterocycles. The van der Waals surface area contributed by atoms with Crippen molar-refractivity contribution in [2.75, 3.05) is 11.9 Å². The van der Waals surface area contributed by atoms with Crippen LogP contribution in [0.2, 0.25) is 0 Å². The second-order valence-corrected chi connectivity index (χ2v) is 3.54. The fraction of sp³-hybridized carbons (Fsp3) is 0.417. The molecule has 82 valence electrons. The third kappa shape index (κ3) is 4.13. The van der Waals surface area contributed by atoms with Gasteiger partial charge in [0.2, 0.25) is 5.91 Å². The molecule has 0 spiro atoms. The lowest BCUT2D eigenvalue weighted by atomic mass is 10.1. The van der Waals surface area contributed by atoms with E-state index in [0.717, 1.165) is 18.5 Å². The van der Waals surface area contributed by atoms with Gasteiger partial charge < -0.3 is 11.1 Å². The van der Waals surface area contributed by atoms with Crippen LogP contribution in [0.3, 0.4) is 0 Å². The molecule has 3 heteroatoms. The first-order valence-electron chi connectivity index (χ1n) is 5.35. The predicted molar refractivity (Wildman–Crippen MR) is 62.7 cm³/mol. The van der Waals surface area contributed by atoms with Crippen LogP contribution in [-0.4, -0.2) is 12.5 Å². The van der Waals surface area contributed by atoms with E-state index in [0.29, 0.717) is 13.0 Å². The first-order valence-corrected chi connectivity index (χ1v) is 5.35. The Morgan fingerprint density at radius 2 is 2.27 bits per heavy atom. The van der Waals surface area contributed by atoms with Gasteiger partial charge in [-0.3, -0.25) is 4.79 Å². The highest BCUT2D eigenvalue weighted by atomic mass is 16.1.